The van der Waals surface area contributed by atoms with Gasteiger partial charge in [-0.1, -0.05) is 44.9 Å². The number of aliphatic hydroxyl groups is 1. The molecule has 1 saturated carbocycles. The van der Waals surface area contributed by atoms with Crippen LogP contribution in [0.15, 0.2) is 24.3 Å². The number of nitrogens with zero attached hydrogens (tertiary/aromatic N) is 1. The van der Waals surface area contributed by atoms with Gasteiger partial charge in [-0.05, 0) is 56.9 Å². The molecule has 0 saturated heterocycles. The molecule has 2 nitrogen and oxygen atoms in total. The van der Waals surface area contributed by atoms with Gasteiger partial charge in [0.15, 0.2) is 0 Å². The zero-order chi connectivity index (χ0) is 16.0. The zero-order valence-electron chi connectivity index (χ0n) is 14.4. The summed E-state index contributed by atoms with van der Waals surface area (Å²) in [4.78, 5) is 2.38. The average Bonchev–Trinajstić information content (AvgIpc) is 2.53. The third kappa shape index (κ3) is 5.17. The Morgan fingerprint density at radius 2 is 1.91 bits per heavy atom. The summed E-state index contributed by atoms with van der Waals surface area (Å²) in [5.74, 6) is -0.226. The van der Waals surface area contributed by atoms with Gasteiger partial charge in [0.2, 0.25) is 0 Å². The van der Waals surface area contributed by atoms with Crippen LogP contribution in [0.3, 0.4) is 0 Å². The molecule has 23 heavy (non-hydrogen) atoms. The summed E-state index contributed by atoms with van der Waals surface area (Å²) >= 11 is 0. The fourth-order valence-corrected chi connectivity index (χ4v) is 3.87. The lowest BCUT2D eigenvalue weighted by molar-refractivity contribution is -0.0284. The molecule has 0 aliphatic heterocycles. The van der Waals surface area contributed by atoms with Gasteiger partial charge in [0.1, 0.15) is 5.82 Å². The van der Waals surface area contributed by atoms with E-state index >= 15 is 0 Å². The molecular weight excluding hydrogens is 313 g/mol. The van der Waals surface area contributed by atoms with Crippen molar-refractivity contribution in [3.8, 4) is 0 Å². The van der Waals surface area contributed by atoms with Crippen molar-refractivity contribution >= 4 is 12.4 Å². The molecule has 1 fully saturated rings. The van der Waals surface area contributed by atoms with Crippen molar-refractivity contribution in [2.24, 2.45) is 0 Å². The van der Waals surface area contributed by atoms with E-state index in [0.29, 0.717) is 5.56 Å². The molecule has 0 heterocycles. The number of rotatable bonds is 7. The second-order valence-electron chi connectivity index (χ2n) is 6.55. The quantitative estimate of drug-likeness (QED) is 0.771. The highest BCUT2D eigenvalue weighted by atomic mass is 35.5. The van der Waals surface area contributed by atoms with Crippen molar-refractivity contribution in [1.29, 1.82) is 0 Å². The summed E-state index contributed by atoms with van der Waals surface area (Å²) in [7, 11) is 0. The van der Waals surface area contributed by atoms with E-state index in [2.05, 4.69) is 18.7 Å². The average molecular weight is 344 g/mol. The highest BCUT2D eigenvalue weighted by Gasteiger charge is 2.40. The molecule has 2 unspecified atom stereocenters. The van der Waals surface area contributed by atoms with Crippen LogP contribution in [0.1, 0.15) is 63.9 Å². The standard InChI is InChI=1S/C19H30FNO.ClH/c1-3-21(4-2)15-9-14-19(22)13-8-7-11-17(19)16-10-5-6-12-18(16)20;/h5-6,10,12,17,22H,3-4,7-9,11,13-15H2,1-2H3;1H. The molecule has 4 heteroatoms. The molecule has 2 atom stereocenters. The SMILES string of the molecule is CCN(CC)CCCC1(O)CCCCC1c1ccccc1F.Cl. The van der Waals surface area contributed by atoms with Crippen LogP contribution in [0.5, 0.6) is 0 Å². The lowest BCUT2D eigenvalue weighted by atomic mass is 9.70. The van der Waals surface area contributed by atoms with Crippen LogP contribution in [-0.4, -0.2) is 35.2 Å². The van der Waals surface area contributed by atoms with Gasteiger partial charge in [0, 0.05) is 5.92 Å². The van der Waals surface area contributed by atoms with E-state index in [1.165, 1.54) is 6.07 Å². The highest BCUT2D eigenvalue weighted by molar-refractivity contribution is 5.85. The minimum atomic E-state index is -0.742. The maximum atomic E-state index is 14.2. The summed E-state index contributed by atoms with van der Waals surface area (Å²) in [6, 6.07) is 6.96. The van der Waals surface area contributed by atoms with Crippen LogP contribution in [-0.2, 0) is 0 Å². The Labute approximate surface area is 146 Å². The van der Waals surface area contributed by atoms with Crippen LogP contribution in [0.25, 0.3) is 0 Å². The van der Waals surface area contributed by atoms with E-state index in [4.69, 9.17) is 0 Å². The van der Waals surface area contributed by atoms with Gasteiger partial charge in [-0.25, -0.2) is 4.39 Å². The van der Waals surface area contributed by atoms with Gasteiger partial charge in [-0.2, -0.15) is 0 Å². The first-order valence-corrected chi connectivity index (χ1v) is 8.80. The minimum absolute atomic E-state index is 0. The Morgan fingerprint density at radius 1 is 1.22 bits per heavy atom. The summed E-state index contributed by atoms with van der Waals surface area (Å²) in [5.41, 5.74) is -0.0410. The summed E-state index contributed by atoms with van der Waals surface area (Å²) in [6.45, 7) is 7.44. The molecular formula is C19H31ClFNO. The fourth-order valence-electron chi connectivity index (χ4n) is 3.87. The molecule has 0 aromatic heterocycles. The lowest BCUT2D eigenvalue weighted by Gasteiger charge is -2.41. The van der Waals surface area contributed by atoms with Gasteiger partial charge in [-0.15, -0.1) is 12.4 Å². The molecule has 1 aromatic rings. The molecule has 1 aromatic carbocycles. The van der Waals surface area contributed by atoms with Crippen molar-refractivity contribution in [1.82, 2.24) is 4.90 Å². The lowest BCUT2D eigenvalue weighted by Crippen LogP contribution is -2.40. The van der Waals surface area contributed by atoms with Crippen LogP contribution in [0.4, 0.5) is 4.39 Å². The Bertz CT molecular complexity index is 466. The molecule has 0 amide bonds. The normalized spacial score (nSPS) is 24.5. The molecule has 0 bridgehead atoms. The van der Waals surface area contributed by atoms with E-state index in [1.54, 1.807) is 6.07 Å². The third-order valence-corrected chi connectivity index (χ3v) is 5.26. The van der Waals surface area contributed by atoms with E-state index in [9.17, 15) is 9.50 Å². The fraction of sp³-hybridized carbons (Fsp3) is 0.684. The Morgan fingerprint density at radius 3 is 2.57 bits per heavy atom. The molecule has 0 radical (unpaired) electrons. The molecule has 0 spiro atoms. The zero-order valence-corrected chi connectivity index (χ0v) is 15.2. The van der Waals surface area contributed by atoms with Crippen LogP contribution >= 0.6 is 12.4 Å². The van der Waals surface area contributed by atoms with Crippen LogP contribution in [0.2, 0.25) is 0 Å². The number of hydrogen-bond donors (Lipinski definition) is 1. The molecule has 132 valence electrons. The van der Waals surface area contributed by atoms with Crippen LogP contribution < -0.4 is 0 Å². The van der Waals surface area contributed by atoms with Crippen LogP contribution in [0, 0.1) is 5.82 Å². The largest absolute Gasteiger partial charge is 0.389 e. The predicted molar refractivity (Wildman–Crippen MR) is 96.8 cm³/mol. The van der Waals surface area contributed by atoms with E-state index in [-0.39, 0.29) is 24.1 Å². The maximum absolute atomic E-state index is 14.2. The van der Waals surface area contributed by atoms with Gasteiger partial charge < -0.3 is 10.0 Å². The molecule has 1 aliphatic carbocycles. The maximum Gasteiger partial charge on any atom is 0.126 e. The van der Waals surface area contributed by atoms with Crippen molar-refractivity contribution in [2.45, 2.75) is 63.9 Å². The smallest absolute Gasteiger partial charge is 0.126 e. The van der Waals surface area contributed by atoms with E-state index in [0.717, 1.165) is 58.2 Å². The Kier molecular flexibility index (Phi) is 8.52. The number of benzene rings is 1. The number of hydrogen-bond acceptors (Lipinski definition) is 2. The van der Waals surface area contributed by atoms with Gasteiger partial charge in [-0.3, -0.25) is 0 Å². The topological polar surface area (TPSA) is 23.5 Å². The molecule has 1 aliphatic rings. The van der Waals surface area contributed by atoms with Gasteiger partial charge in [0.25, 0.3) is 0 Å². The first-order chi connectivity index (χ1) is 10.6. The summed E-state index contributed by atoms with van der Waals surface area (Å²) in [5, 5.41) is 11.2. The third-order valence-electron chi connectivity index (χ3n) is 5.26. The van der Waals surface area contributed by atoms with Crippen molar-refractivity contribution in [3.63, 3.8) is 0 Å². The second-order valence-corrected chi connectivity index (χ2v) is 6.55. The molecule has 2 rings (SSSR count). The summed E-state index contributed by atoms with van der Waals surface area (Å²) in [6.07, 6.45) is 5.56. The monoisotopic (exact) mass is 343 g/mol. The second kappa shape index (κ2) is 9.61. The minimum Gasteiger partial charge on any atom is -0.389 e. The highest BCUT2D eigenvalue weighted by Crippen LogP contribution is 2.44. The molecule has 1 N–H and O–H groups in total. The number of halogens is 2. The first kappa shape index (κ1) is 20.4. The van der Waals surface area contributed by atoms with Crippen molar-refractivity contribution in [2.75, 3.05) is 19.6 Å². The Balaban J connectivity index is 0.00000264. The Hall–Kier alpha value is -0.640. The van der Waals surface area contributed by atoms with Crippen molar-refractivity contribution in [3.05, 3.63) is 35.6 Å². The van der Waals surface area contributed by atoms with E-state index in [1.807, 2.05) is 12.1 Å². The van der Waals surface area contributed by atoms with Gasteiger partial charge in [0.05, 0.1) is 5.60 Å². The van der Waals surface area contributed by atoms with Crippen molar-refractivity contribution < 1.29 is 9.50 Å². The predicted octanol–water partition coefficient (Wildman–Crippen LogP) is 4.76. The summed E-state index contributed by atoms with van der Waals surface area (Å²) < 4.78 is 14.2. The first-order valence-electron chi connectivity index (χ1n) is 8.80. The van der Waals surface area contributed by atoms with Gasteiger partial charge >= 0.3 is 0 Å². The van der Waals surface area contributed by atoms with E-state index < -0.39 is 5.60 Å².